The zero-order valence-electron chi connectivity index (χ0n) is 17.6. The minimum atomic E-state index is -3.61. The molecule has 2 aromatic heterocycles. The average Bonchev–Trinajstić information content (AvgIpc) is 3.26. The highest BCUT2D eigenvalue weighted by atomic mass is 32.2. The van der Waals surface area contributed by atoms with Crippen LogP contribution in [-0.4, -0.2) is 33.4 Å². The van der Waals surface area contributed by atoms with Crippen molar-refractivity contribution in [3.05, 3.63) is 90.1 Å². The Kier molecular flexibility index (Phi) is 5.27. The van der Waals surface area contributed by atoms with E-state index in [-0.39, 0.29) is 12.6 Å². The number of nitrogens with zero attached hydrogens (tertiary/aromatic N) is 4. The van der Waals surface area contributed by atoms with Gasteiger partial charge in [0.1, 0.15) is 17.4 Å². The number of hydrogen-bond acceptors (Lipinski definition) is 4. The lowest BCUT2D eigenvalue weighted by Crippen LogP contribution is -2.44. The Morgan fingerprint density at radius 2 is 1.81 bits per heavy atom. The quantitative estimate of drug-likeness (QED) is 0.456. The van der Waals surface area contributed by atoms with Gasteiger partial charge in [0.15, 0.2) is 5.65 Å². The first kappa shape index (κ1) is 20.8. The number of hydrogen-bond donors (Lipinski definition) is 0. The molecule has 2 aromatic carbocycles. The Hall–Kier alpha value is -3.10. The molecular weight excluding hydrogens is 427 g/mol. The van der Waals surface area contributed by atoms with Crippen molar-refractivity contribution in [1.29, 1.82) is 0 Å². The number of aromatic nitrogens is 3. The maximum atomic E-state index is 15.1. The van der Waals surface area contributed by atoms with Crippen molar-refractivity contribution < 1.29 is 12.8 Å². The third kappa shape index (κ3) is 3.69. The van der Waals surface area contributed by atoms with E-state index in [0.717, 1.165) is 17.5 Å². The smallest absolute Gasteiger partial charge is 0.221 e. The zero-order valence-corrected chi connectivity index (χ0v) is 18.4. The van der Waals surface area contributed by atoms with E-state index in [1.807, 2.05) is 61.7 Å². The van der Waals surface area contributed by atoms with Crippen molar-refractivity contribution in [2.75, 3.05) is 0 Å². The standard InChI is InChI=1S/C24H23FN4O2S/c1-17-7-11-23(18-5-3-2-4-6-18)32(30,31)29(17)15-21-9-8-19(13-22(21)25)20-10-12-24-27-26-16-28(24)14-20/h2-6,8-10,12-14,16-17,23H,7,11,15H2,1H3/t17-,23?/m0/s1. The summed E-state index contributed by atoms with van der Waals surface area (Å²) in [7, 11) is -3.61. The topological polar surface area (TPSA) is 67.6 Å². The average molecular weight is 451 g/mol. The molecule has 32 heavy (non-hydrogen) atoms. The summed E-state index contributed by atoms with van der Waals surface area (Å²) in [6.07, 6.45) is 4.73. The minimum absolute atomic E-state index is 0.0173. The summed E-state index contributed by atoms with van der Waals surface area (Å²) in [5.74, 6) is -0.421. The van der Waals surface area contributed by atoms with Crippen LogP contribution >= 0.6 is 0 Å². The van der Waals surface area contributed by atoms with E-state index in [9.17, 15) is 8.42 Å². The van der Waals surface area contributed by atoms with Crippen LogP contribution in [0.25, 0.3) is 16.8 Å². The number of sulfonamides is 1. The summed E-state index contributed by atoms with van der Waals surface area (Å²) in [5.41, 5.74) is 3.39. The van der Waals surface area contributed by atoms with Crippen molar-refractivity contribution in [3.63, 3.8) is 0 Å². The van der Waals surface area contributed by atoms with E-state index >= 15 is 4.39 Å². The predicted octanol–water partition coefficient (Wildman–Crippen LogP) is 4.59. The molecule has 2 atom stereocenters. The SMILES string of the molecule is C[C@H]1CCC(c2ccccc2)S(=O)(=O)N1Cc1ccc(-c2ccc3nncn3c2)cc1F. The van der Waals surface area contributed by atoms with Crippen molar-refractivity contribution in [1.82, 2.24) is 18.9 Å². The molecule has 0 spiro atoms. The highest BCUT2D eigenvalue weighted by Crippen LogP contribution is 2.38. The van der Waals surface area contributed by atoms with Gasteiger partial charge in [-0.05, 0) is 54.7 Å². The minimum Gasteiger partial charge on any atom is -0.288 e. The van der Waals surface area contributed by atoms with Gasteiger partial charge >= 0.3 is 0 Å². The van der Waals surface area contributed by atoms with E-state index < -0.39 is 21.1 Å². The summed E-state index contributed by atoms with van der Waals surface area (Å²) in [6, 6.07) is 17.7. The Morgan fingerprint density at radius 1 is 1.03 bits per heavy atom. The number of halogens is 1. The van der Waals surface area contributed by atoms with Crippen molar-refractivity contribution in [3.8, 4) is 11.1 Å². The highest BCUT2D eigenvalue weighted by molar-refractivity contribution is 7.89. The van der Waals surface area contributed by atoms with E-state index in [2.05, 4.69) is 10.2 Å². The second-order valence-corrected chi connectivity index (χ2v) is 10.3. The van der Waals surface area contributed by atoms with Gasteiger partial charge in [-0.25, -0.2) is 12.8 Å². The van der Waals surface area contributed by atoms with Gasteiger partial charge in [-0.3, -0.25) is 4.40 Å². The Morgan fingerprint density at radius 3 is 2.59 bits per heavy atom. The Labute approximate surface area is 186 Å². The Bertz CT molecular complexity index is 1370. The fourth-order valence-corrected chi connectivity index (χ4v) is 6.56. The second kappa shape index (κ2) is 8.11. The van der Waals surface area contributed by atoms with Crippen LogP contribution in [0.3, 0.4) is 0 Å². The van der Waals surface area contributed by atoms with Crippen molar-refractivity contribution >= 4 is 15.7 Å². The number of rotatable bonds is 4. The molecule has 0 N–H and O–H groups in total. The molecule has 5 rings (SSSR count). The maximum absolute atomic E-state index is 15.1. The molecule has 3 heterocycles. The van der Waals surface area contributed by atoms with Gasteiger partial charge in [-0.15, -0.1) is 10.2 Å². The lowest BCUT2D eigenvalue weighted by molar-refractivity contribution is 0.279. The van der Waals surface area contributed by atoms with Crippen LogP contribution in [0, 0.1) is 5.82 Å². The van der Waals surface area contributed by atoms with E-state index in [4.69, 9.17) is 0 Å². The third-order valence-corrected chi connectivity index (χ3v) is 8.57. The van der Waals surface area contributed by atoms with Crippen LogP contribution in [0.5, 0.6) is 0 Å². The van der Waals surface area contributed by atoms with Gasteiger partial charge < -0.3 is 0 Å². The summed E-state index contributed by atoms with van der Waals surface area (Å²) >= 11 is 0. The first-order chi connectivity index (χ1) is 15.4. The molecule has 4 aromatic rings. The second-order valence-electron chi connectivity index (χ2n) is 8.24. The van der Waals surface area contributed by atoms with Gasteiger partial charge in [-0.1, -0.05) is 42.5 Å². The molecule has 1 aliphatic rings. The highest BCUT2D eigenvalue weighted by Gasteiger charge is 2.40. The molecule has 8 heteroatoms. The Balaban J connectivity index is 1.43. The van der Waals surface area contributed by atoms with E-state index in [1.165, 1.54) is 10.4 Å². The molecule has 0 radical (unpaired) electrons. The monoisotopic (exact) mass is 450 g/mol. The van der Waals surface area contributed by atoms with Gasteiger partial charge in [0.05, 0.1) is 0 Å². The van der Waals surface area contributed by atoms with Crippen LogP contribution < -0.4 is 0 Å². The largest absolute Gasteiger partial charge is 0.288 e. The normalized spacial score (nSPS) is 21.1. The van der Waals surface area contributed by atoms with Crippen molar-refractivity contribution in [2.45, 2.75) is 37.6 Å². The number of benzene rings is 2. The van der Waals surface area contributed by atoms with Gasteiger partial charge in [-0.2, -0.15) is 4.31 Å². The van der Waals surface area contributed by atoms with Crippen LogP contribution in [0.15, 0.2) is 73.2 Å². The van der Waals surface area contributed by atoms with Crippen molar-refractivity contribution in [2.24, 2.45) is 0 Å². The molecule has 1 aliphatic heterocycles. The summed E-state index contributed by atoms with van der Waals surface area (Å²) < 4.78 is 45.1. The maximum Gasteiger partial charge on any atom is 0.221 e. The molecule has 1 unspecified atom stereocenters. The van der Waals surface area contributed by atoms with Crippen LogP contribution in [0.1, 0.15) is 36.1 Å². The van der Waals surface area contributed by atoms with Crippen LogP contribution in [0.4, 0.5) is 4.39 Å². The molecule has 6 nitrogen and oxygen atoms in total. The summed E-state index contributed by atoms with van der Waals surface area (Å²) in [5, 5.41) is 7.23. The summed E-state index contributed by atoms with van der Waals surface area (Å²) in [6.45, 7) is 1.91. The molecular formula is C24H23FN4O2S. The van der Waals surface area contributed by atoms with E-state index in [0.29, 0.717) is 23.2 Å². The first-order valence-corrected chi connectivity index (χ1v) is 12.1. The third-order valence-electron chi connectivity index (χ3n) is 6.20. The molecule has 164 valence electrons. The molecule has 1 saturated heterocycles. The van der Waals surface area contributed by atoms with Gasteiger partial charge in [0, 0.05) is 24.3 Å². The number of pyridine rings is 1. The molecule has 0 bridgehead atoms. The number of fused-ring (bicyclic) bond motifs is 1. The first-order valence-electron chi connectivity index (χ1n) is 10.6. The fourth-order valence-electron chi connectivity index (χ4n) is 4.37. The van der Waals surface area contributed by atoms with Crippen LogP contribution in [0.2, 0.25) is 0 Å². The lowest BCUT2D eigenvalue weighted by Gasteiger charge is -2.37. The lowest BCUT2D eigenvalue weighted by atomic mass is 10.0. The van der Waals surface area contributed by atoms with Gasteiger partial charge in [0.25, 0.3) is 0 Å². The molecule has 0 aliphatic carbocycles. The molecule has 0 saturated carbocycles. The molecule has 0 amide bonds. The van der Waals surface area contributed by atoms with Gasteiger partial charge in [0.2, 0.25) is 10.0 Å². The fraction of sp³-hybridized carbons (Fsp3) is 0.250. The van der Waals surface area contributed by atoms with E-state index in [1.54, 1.807) is 16.8 Å². The summed E-state index contributed by atoms with van der Waals surface area (Å²) in [4.78, 5) is 0. The molecule has 1 fully saturated rings. The predicted molar refractivity (Wildman–Crippen MR) is 121 cm³/mol. The van der Waals surface area contributed by atoms with Crippen LogP contribution in [-0.2, 0) is 16.6 Å². The zero-order chi connectivity index (χ0) is 22.3.